The van der Waals surface area contributed by atoms with E-state index < -0.39 is 9.85 Å². The maximum atomic E-state index is 10.6. The SMILES string of the molecule is CCN(CC)c1ccc(N=Nc2ccc([N+](=O)[O-])cc2O)c(O)c1.CCN(CC)c1ccc(N=Nc2ccc([N+](=O)[O-])cc2O)c(O)c1.[Fe]. The van der Waals surface area contributed by atoms with Gasteiger partial charge in [0.2, 0.25) is 0 Å². The number of nitrogens with zero attached hydrogens (tertiary/aromatic N) is 8. The summed E-state index contributed by atoms with van der Waals surface area (Å²) in [5.74, 6) is -0.784. The van der Waals surface area contributed by atoms with E-state index in [0.29, 0.717) is 0 Å². The Kier molecular flexibility index (Phi) is 14.9. The Balaban J connectivity index is 0.000000333. The number of nitro benzene ring substituents is 2. The van der Waals surface area contributed by atoms with Gasteiger partial charge in [0.1, 0.15) is 45.7 Å². The van der Waals surface area contributed by atoms with Crippen molar-refractivity contribution in [3.8, 4) is 23.0 Å². The number of hydrogen-bond acceptors (Lipinski definition) is 14. The first-order valence-electron chi connectivity index (χ1n) is 14.9. The molecule has 0 saturated carbocycles. The van der Waals surface area contributed by atoms with Crippen molar-refractivity contribution in [3.63, 3.8) is 0 Å². The molecule has 4 rings (SSSR count). The van der Waals surface area contributed by atoms with Gasteiger partial charge in [0.05, 0.1) is 22.0 Å². The zero-order chi connectivity index (χ0) is 35.4. The zero-order valence-corrected chi connectivity index (χ0v) is 28.2. The Morgan fingerprint density at radius 3 is 1.00 bits per heavy atom. The number of non-ortho nitro benzene ring substituents is 2. The minimum atomic E-state index is -0.613. The maximum Gasteiger partial charge on any atom is 0.273 e. The molecule has 0 aliphatic heterocycles. The van der Waals surface area contributed by atoms with Gasteiger partial charge in [-0.2, -0.15) is 0 Å². The van der Waals surface area contributed by atoms with Gasteiger partial charge in [-0.05, 0) is 64.1 Å². The molecular formula is C32H36FeN8O8. The molecule has 4 aromatic carbocycles. The third-order valence-corrected chi connectivity index (χ3v) is 7.05. The van der Waals surface area contributed by atoms with Crippen LogP contribution in [0.4, 0.5) is 45.5 Å². The monoisotopic (exact) mass is 716 g/mol. The third kappa shape index (κ3) is 10.6. The summed E-state index contributed by atoms with van der Waals surface area (Å²) >= 11 is 0. The number of nitro groups is 2. The number of phenolic OH excluding ortho intramolecular Hbond substituents is 4. The fraction of sp³-hybridized carbons (Fsp3) is 0.250. The summed E-state index contributed by atoms with van der Waals surface area (Å²) in [4.78, 5) is 24.2. The molecule has 0 heterocycles. The second kappa shape index (κ2) is 18.5. The quantitative estimate of drug-likeness (QED) is 0.0473. The van der Waals surface area contributed by atoms with E-state index in [1.54, 1.807) is 24.3 Å². The summed E-state index contributed by atoms with van der Waals surface area (Å²) < 4.78 is 0. The molecule has 17 heteroatoms. The summed E-state index contributed by atoms with van der Waals surface area (Å²) in [6.07, 6.45) is 0. The predicted molar refractivity (Wildman–Crippen MR) is 181 cm³/mol. The standard InChI is InChI=1S/2C16H18N4O4.Fe/c2*1-3-19(4-2)11-5-7-13(15(21)9-11)17-18-14-8-6-12(20(23)24)10-16(14)22;/h2*5-10,21-22H,3-4H2,1-2H3;. The van der Waals surface area contributed by atoms with Crippen LogP contribution in [0.5, 0.6) is 23.0 Å². The van der Waals surface area contributed by atoms with Gasteiger partial charge in [-0.3, -0.25) is 20.2 Å². The minimum Gasteiger partial charge on any atom is -0.506 e. The molecule has 0 atom stereocenters. The van der Waals surface area contributed by atoms with Crippen LogP contribution in [0, 0.1) is 20.2 Å². The zero-order valence-electron chi connectivity index (χ0n) is 27.1. The molecule has 0 bridgehead atoms. The first-order chi connectivity index (χ1) is 22.9. The number of benzene rings is 4. The first kappa shape index (κ1) is 39.4. The summed E-state index contributed by atoms with van der Waals surface area (Å²) in [5, 5.41) is 76.3. The van der Waals surface area contributed by atoms with Crippen LogP contribution in [-0.4, -0.2) is 56.5 Å². The molecule has 260 valence electrons. The van der Waals surface area contributed by atoms with E-state index >= 15 is 0 Å². The molecule has 0 spiro atoms. The molecule has 16 nitrogen and oxygen atoms in total. The van der Waals surface area contributed by atoms with Gasteiger partial charge >= 0.3 is 0 Å². The normalized spacial score (nSPS) is 10.7. The fourth-order valence-electron chi connectivity index (χ4n) is 4.40. The Bertz CT molecular complexity index is 1680. The van der Waals surface area contributed by atoms with E-state index in [9.17, 15) is 40.7 Å². The molecule has 0 aliphatic rings. The van der Waals surface area contributed by atoms with Crippen LogP contribution >= 0.6 is 0 Å². The van der Waals surface area contributed by atoms with Crippen molar-refractivity contribution >= 4 is 45.5 Å². The Morgan fingerprint density at radius 1 is 0.510 bits per heavy atom. The van der Waals surface area contributed by atoms with Gasteiger partial charge in [-0.1, -0.05) is 0 Å². The van der Waals surface area contributed by atoms with E-state index in [2.05, 4.69) is 30.3 Å². The first-order valence-corrected chi connectivity index (χ1v) is 14.9. The molecule has 0 aromatic heterocycles. The van der Waals surface area contributed by atoms with Crippen molar-refractivity contribution in [1.29, 1.82) is 0 Å². The van der Waals surface area contributed by atoms with E-state index in [1.807, 2.05) is 39.8 Å². The summed E-state index contributed by atoms with van der Waals surface area (Å²) in [6.45, 7) is 11.3. The molecule has 0 radical (unpaired) electrons. The molecule has 0 saturated heterocycles. The number of phenols is 4. The van der Waals surface area contributed by atoms with E-state index in [0.717, 1.165) is 49.7 Å². The van der Waals surface area contributed by atoms with E-state index in [-0.39, 0.29) is 74.2 Å². The number of anilines is 2. The average Bonchev–Trinajstić information content (AvgIpc) is 3.06. The van der Waals surface area contributed by atoms with Gasteiger partial charge in [0.15, 0.2) is 0 Å². The summed E-state index contributed by atoms with van der Waals surface area (Å²) in [7, 11) is 0. The second-order valence-corrected chi connectivity index (χ2v) is 9.95. The largest absolute Gasteiger partial charge is 0.506 e. The number of aromatic hydroxyl groups is 4. The van der Waals surface area contributed by atoms with E-state index in [1.165, 1.54) is 24.3 Å². The van der Waals surface area contributed by atoms with Crippen molar-refractivity contribution < 1.29 is 47.3 Å². The molecule has 49 heavy (non-hydrogen) atoms. The van der Waals surface area contributed by atoms with E-state index in [4.69, 9.17) is 0 Å². The molecule has 0 unspecified atom stereocenters. The number of rotatable bonds is 12. The Morgan fingerprint density at radius 2 is 0.776 bits per heavy atom. The van der Waals surface area contributed by atoms with Gasteiger partial charge in [0.25, 0.3) is 11.4 Å². The molecular weight excluding hydrogens is 680 g/mol. The van der Waals surface area contributed by atoms with Crippen LogP contribution in [0.15, 0.2) is 93.3 Å². The van der Waals surface area contributed by atoms with Crippen molar-refractivity contribution in [3.05, 3.63) is 93.0 Å². The fourth-order valence-corrected chi connectivity index (χ4v) is 4.40. The molecule has 0 amide bonds. The van der Waals surface area contributed by atoms with Gasteiger partial charge in [-0.25, -0.2) is 0 Å². The molecule has 4 N–H and O–H groups in total. The summed E-state index contributed by atoms with van der Waals surface area (Å²) in [5.41, 5.74) is 1.90. The van der Waals surface area contributed by atoms with Crippen LogP contribution in [-0.2, 0) is 17.1 Å². The number of azo groups is 2. The molecule has 4 aromatic rings. The van der Waals surface area contributed by atoms with Crippen LogP contribution in [0.25, 0.3) is 0 Å². The smallest absolute Gasteiger partial charge is 0.273 e. The maximum absolute atomic E-state index is 10.6. The average molecular weight is 717 g/mol. The van der Waals surface area contributed by atoms with Crippen LogP contribution in [0.2, 0.25) is 0 Å². The van der Waals surface area contributed by atoms with Crippen molar-refractivity contribution in [2.24, 2.45) is 20.5 Å². The van der Waals surface area contributed by atoms with Gasteiger partial charge in [-0.15, -0.1) is 20.5 Å². The Hall–Kier alpha value is -5.80. The van der Waals surface area contributed by atoms with Gasteiger partial charge < -0.3 is 30.2 Å². The van der Waals surface area contributed by atoms with Crippen LogP contribution in [0.3, 0.4) is 0 Å². The topological polar surface area (TPSA) is 223 Å². The van der Waals surface area contributed by atoms with Crippen molar-refractivity contribution in [2.75, 3.05) is 36.0 Å². The van der Waals surface area contributed by atoms with Crippen molar-refractivity contribution in [1.82, 2.24) is 0 Å². The van der Waals surface area contributed by atoms with Crippen LogP contribution in [0.1, 0.15) is 27.7 Å². The van der Waals surface area contributed by atoms with Gasteiger partial charge in [0, 0.05) is 78.9 Å². The summed E-state index contributed by atoms with van der Waals surface area (Å²) in [6, 6.07) is 17.1. The minimum absolute atomic E-state index is 0. The van der Waals surface area contributed by atoms with Crippen LogP contribution < -0.4 is 9.80 Å². The second-order valence-electron chi connectivity index (χ2n) is 9.95. The third-order valence-electron chi connectivity index (χ3n) is 7.05. The van der Waals surface area contributed by atoms with Crippen molar-refractivity contribution in [2.45, 2.75) is 27.7 Å². The number of hydrogen-bond donors (Lipinski definition) is 4. The molecule has 0 fully saturated rings. The molecule has 0 aliphatic carbocycles. The Labute approximate surface area is 292 Å². The predicted octanol–water partition coefficient (Wildman–Crippen LogP) is 8.53.